The normalized spacial score (nSPS) is 10.4. The Kier molecular flexibility index (Phi) is 3.49. The lowest BCUT2D eigenvalue weighted by molar-refractivity contribution is 0.250. The average molecular weight is 295 g/mol. The Hall–Kier alpha value is -3.28. The Balaban J connectivity index is 1.90. The molecular formula is C16H13N3O3. The molecule has 6 heteroatoms. The number of para-hydroxylation sites is 2. The van der Waals surface area contributed by atoms with E-state index in [1.165, 1.54) is 12.1 Å². The van der Waals surface area contributed by atoms with Crippen molar-refractivity contribution in [3.63, 3.8) is 0 Å². The van der Waals surface area contributed by atoms with Gasteiger partial charge in [-0.3, -0.25) is 9.89 Å². The van der Waals surface area contributed by atoms with Crippen molar-refractivity contribution in [1.29, 1.82) is 0 Å². The molecule has 110 valence electrons. The SMILES string of the molecule is O=C(Nc1ccccc1O)n1[nH]c(-c2ccccc2)cc1=O. The molecule has 1 heterocycles. The van der Waals surface area contributed by atoms with Crippen LogP contribution in [0.15, 0.2) is 65.5 Å². The zero-order chi connectivity index (χ0) is 15.5. The summed E-state index contributed by atoms with van der Waals surface area (Å²) in [6.45, 7) is 0. The molecule has 0 fully saturated rings. The van der Waals surface area contributed by atoms with Crippen molar-refractivity contribution in [2.45, 2.75) is 0 Å². The van der Waals surface area contributed by atoms with Gasteiger partial charge in [0, 0.05) is 6.07 Å². The van der Waals surface area contributed by atoms with Gasteiger partial charge in [0.25, 0.3) is 5.56 Å². The molecular weight excluding hydrogens is 282 g/mol. The molecule has 1 aromatic heterocycles. The summed E-state index contributed by atoms with van der Waals surface area (Å²) in [5.41, 5.74) is 1.09. The van der Waals surface area contributed by atoms with Crippen LogP contribution in [0.5, 0.6) is 5.75 Å². The van der Waals surface area contributed by atoms with Crippen LogP contribution in [0.1, 0.15) is 0 Å². The van der Waals surface area contributed by atoms with Gasteiger partial charge in [-0.15, -0.1) is 0 Å². The van der Waals surface area contributed by atoms with Crippen LogP contribution >= 0.6 is 0 Å². The summed E-state index contributed by atoms with van der Waals surface area (Å²) in [5.74, 6) is -0.0706. The van der Waals surface area contributed by atoms with Crippen LogP contribution in [0.3, 0.4) is 0 Å². The Bertz CT molecular complexity index is 866. The monoisotopic (exact) mass is 295 g/mol. The zero-order valence-electron chi connectivity index (χ0n) is 11.5. The number of aromatic nitrogens is 2. The van der Waals surface area contributed by atoms with Gasteiger partial charge in [0.1, 0.15) is 5.75 Å². The predicted molar refractivity (Wildman–Crippen MR) is 83.0 cm³/mol. The Morgan fingerprint density at radius 2 is 1.73 bits per heavy atom. The van der Waals surface area contributed by atoms with E-state index >= 15 is 0 Å². The minimum atomic E-state index is -0.673. The van der Waals surface area contributed by atoms with E-state index in [-0.39, 0.29) is 11.4 Å². The van der Waals surface area contributed by atoms with E-state index in [9.17, 15) is 14.7 Å². The first-order valence-electron chi connectivity index (χ1n) is 6.62. The van der Waals surface area contributed by atoms with Gasteiger partial charge in [0.15, 0.2) is 0 Å². The molecule has 0 saturated heterocycles. The third kappa shape index (κ3) is 2.62. The van der Waals surface area contributed by atoms with E-state index in [4.69, 9.17) is 0 Å². The predicted octanol–water partition coefficient (Wildman–Crippen LogP) is 2.63. The molecule has 3 aromatic rings. The number of rotatable bonds is 2. The van der Waals surface area contributed by atoms with Crippen molar-refractivity contribution >= 4 is 11.7 Å². The van der Waals surface area contributed by atoms with Crippen LogP contribution in [0.2, 0.25) is 0 Å². The number of hydrogen-bond acceptors (Lipinski definition) is 3. The van der Waals surface area contributed by atoms with Gasteiger partial charge in [-0.05, 0) is 17.7 Å². The number of aromatic hydroxyl groups is 1. The molecule has 0 saturated carbocycles. The van der Waals surface area contributed by atoms with Crippen LogP contribution in [0, 0.1) is 0 Å². The highest BCUT2D eigenvalue weighted by atomic mass is 16.3. The molecule has 0 radical (unpaired) electrons. The van der Waals surface area contributed by atoms with Gasteiger partial charge in [-0.1, -0.05) is 42.5 Å². The first-order valence-corrected chi connectivity index (χ1v) is 6.62. The number of aromatic amines is 1. The van der Waals surface area contributed by atoms with E-state index in [0.29, 0.717) is 5.69 Å². The number of carbonyl (C=O) groups excluding carboxylic acids is 1. The molecule has 0 spiro atoms. The largest absolute Gasteiger partial charge is 0.506 e. The summed E-state index contributed by atoms with van der Waals surface area (Å²) in [6, 6.07) is 16.2. The Morgan fingerprint density at radius 1 is 1.05 bits per heavy atom. The van der Waals surface area contributed by atoms with Crippen LogP contribution in [-0.2, 0) is 0 Å². The van der Waals surface area contributed by atoms with Crippen molar-refractivity contribution in [3.8, 4) is 17.0 Å². The van der Waals surface area contributed by atoms with E-state index in [1.807, 2.05) is 30.3 Å². The fourth-order valence-electron chi connectivity index (χ4n) is 2.06. The maximum Gasteiger partial charge on any atom is 0.348 e. The number of benzene rings is 2. The second kappa shape index (κ2) is 5.61. The highest BCUT2D eigenvalue weighted by molar-refractivity contribution is 5.92. The molecule has 22 heavy (non-hydrogen) atoms. The summed E-state index contributed by atoms with van der Waals surface area (Å²) >= 11 is 0. The number of phenolic OH excluding ortho intramolecular Hbond substituents is 1. The molecule has 0 aliphatic heterocycles. The van der Waals surface area contributed by atoms with Crippen molar-refractivity contribution in [1.82, 2.24) is 9.78 Å². The lowest BCUT2D eigenvalue weighted by Crippen LogP contribution is -2.29. The van der Waals surface area contributed by atoms with Gasteiger partial charge in [0.05, 0.1) is 11.4 Å². The van der Waals surface area contributed by atoms with Crippen molar-refractivity contribution in [3.05, 3.63) is 71.0 Å². The summed E-state index contributed by atoms with van der Waals surface area (Å²) < 4.78 is 0.856. The third-order valence-corrected chi connectivity index (χ3v) is 3.15. The van der Waals surface area contributed by atoms with Gasteiger partial charge in [0.2, 0.25) is 0 Å². The smallest absolute Gasteiger partial charge is 0.348 e. The molecule has 2 aromatic carbocycles. The number of carbonyl (C=O) groups is 1. The van der Waals surface area contributed by atoms with Crippen LogP contribution in [-0.4, -0.2) is 20.9 Å². The molecule has 3 N–H and O–H groups in total. The fourth-order valence-corrected chi connectivity index (χ4v) is 2.06. The molecule has 6 nitrogen and oxygen atoms in total. The van der Waals surface area contributed by atoms with Gasteiger partial charge >= 0.3 is 6.03 Å². The minimum absolute atomic E-state index is 0.0706. The summed E-state index contributed by atoms with van der Waals surface area (Å²) in [6.07, 6.45) is 0. The lowest BCUT2D eigenvalue weighted by atomic mass is 10.2. The number of phenols is 1. The summed E-state index contributed by atoms with van der Waals surface area (Å²) in [4.78, 5) is 24.1. The molecule has 0 aliphatic rings. The molecule has 1 amide bonds. The summed E-state index contributed by atoms with van der Waals surface area (Å²) in [7, 11) is 0. The number of H-pyrrole nitrogens is 1. The van der Waals surface area contributed by atoms with Crippen LogP contribution in [0.25, 0.3) is 11.3 Å². The fraction of sp³-hybridized carbons (Fsp3) is 0. The van der Waals surface area contributed by atoms with E-state index in [0.717, 1.165) is 10.2 Å². The van der Waals surface area contributed by atoms with Gasteiger partial charge < -0.3 is 10.4 Å². The lowest BCUT2D eigenvalue weighted by Gasteiger charge is -2.06. The molecule has 0 bridgehead atoms. The van der Waals surface area contributed by atoms with Crippen molar-refractivity contribution in [2.75, 3.05) is 5.32 Å². The molecule has 0 unspecified atom stereocenters. The number of nitrogens with zero attached hydrogens (tertiary/aromatic N) is 1. The summed E-state index contributed by atoms with van der Waals surface area (Å²) in [5, 5.41) is 14.9. The standard InChI is InChI=1S/C16H13N3O3/c20-14-9-5-4-8-12(14)17-16(22)19-15(21)10-13(18-19)11-6-2-1-3-7-11/h1-10,18,20H,(H,17,22). The van der Waals surface area contributed by atoms with Crippen LogP contribution < -0.4 is 10.9 Å². The maximum atomic E-state index is 12.1. The number of amides is 1. The average Bonchev–Trinajstić information content (AvgIpc) is 2.92. The highest BCUT2D eigenvalue weighted by Gasteiger charge is 2.13. The van der Waals surface area contributed by atoms with Crippen molar-refractivity contribution in [2.24, 2.45) is 0 Å². The topological polar surface area (TPSA) is 87.1 Å². The maximum absolute atomic E-state index is 12.1. The van der Waals surface area contributed by atoms with Gasteiger partial charge in [-0.25, -0.2) is 4.79 Å². The Labute approximate surface area is 125 Å². The van der Waals surface area contributed by atoms with E-state index in [2.05, 4.69) is 10.4 Å². The van der Waals surface area contributed by atoms with E-state index in [1.54, 1.807) is 18.2 Å². The molecule has 3 rings (SSSR count). The van der Waals surface area contributed by atoms with Gasteiger partial charge in [-0.2, -0.15) is 4.68 Å². The minimum Gasteiger partial charge on any atom is -0.506 e. The Morgan fingerprint density at radius 3 is 2.45 bits per heavy atom. The molecule has 0 aliphatic carbocycles. The highest BCUT2D eigenvalue weighted by Crippen LogP contribution is 2.21. The number of hydrogen-bond donors (Lipinski definition) is 3. The number of nitrogens with one attached hydrogen (secondary N) is 2. The van der Waals surface area contributed by atoms with Crippen molar-refractivity contribution < 1.29 is 9.90 Å². The zero-order valence-corrected chi connectivity index (χ0v) is 11.5. The molecule has 0 atom stereocenters. The second-order valence-electron chi connectivity index (χ2n) is 4.66. The first kappa shape index (κ1) is 13.7. The second-order valence-corrected chi connectivity index (χ2v) is 4.66. The first-order chi connectivity index (χ1) is 10.6. The number of anilines is 1. The van der Waals surface area contributed by atoms with E-state index < -0.39 is 11.6 Å². The quantitative estimate of drug-likeness (QED) is 0.635. The third-order valence-electron chi connectivity index (χ3n) is 3.15. The van der Waals surface area contributed by atoms with Crippen LogP contribution in [0.4, 0.5) is 10.5 Å².